The van der Waals surface area contributed by atoms with Gasteiger partial charge in [-0.15, -0.1) is 10.2 Å². The van der Waals surface area contributed by atoms with Crippen LogP contribution < -0.4 is 9.47 Å². The molecule has 1 N–H and O–H groups in total. The number of rotatable bonds is 5. The molecule has 7 nitrogen and oxygen atoms in total. The van der Waals surface area contributed by atoms with E-state index in [1.54, 1.807) is 61.2 Å². The molecule has 1 amide bonds. The summed E-state index contributed by atoms with van der Waals surface area (Å²) in [5, 5.41) is 18.8. The van der Waals surface area contributed by atoms with E-state index in [0.29, 0.717) is 21.9 Å². The van der Waals surface area contributed by atoms with E-state index in [-0.39, 0.29) is 18.2 Å². The summed E-state index contributed by atoms with van der Waals surface area (Å²) in [5.41, 5.74) is 0.908. The van der Waals surface area contributed by atoms with E-state index in [9.17, 15) is 9.90 Å². The van der Waals surface area contributed by atoms with Gasteiger partial charge in [0.05, 0.1) is 12.6 Å². The number of hydrogen-bond donors (Lipinski definition) is 1. The lowest BCUT2D eigenvalue weighted by atomic mass is 10.2. The number of benzene rings is 2. The van der Waals surface area contributed by atoms with Crippen molar-refractivity contribution in [3.8, 4) is 17.4 Å². The Labute approximate surface area is 154 Å². The molecule has 0 aliphatic carbocycles. The highest BCUT2D eigenvalue weighted by Crippen LogP contribution is 2.39. The number of nitrogens with zero attached hydrogens (tertiary/aromatic N) is 3. The molecule has 0 saturated heterocycles. The third-order valence-electron chi connectivity index (χ3n) is 3.79. The van der Waals surface area contributed by atoms with Gasteiger partial charge in [-0.3, -0.25) is 4.79 Å². The first-order valence-corrected chi connectivity index (χ1v) is 8.05. The molecular weight excluding hydrogens is 358 g/mol. The van der Waals surface area contributed by atoms with Gasteiger partial charge in [-0.05, 0) is 42.5 Å². The van der Waals surface area contributed by atoms with E-state index in [0.717, 1.165) is 5.52 Å². The lowest BCUT2D eigenvalue weighted by Gasteiger charge is -2.04. The van der Waals surface area contributed by atoms with E-state index in [4.69, 9.17) is 21.1 Å². The Morgan fingerprint density at radius 1 is 1.19 bits per heavy atom. The number of hydrogen-bond acceptors (Lipinski definition) is 5. The van der Waals surface area contributed by atoms with Crippen molar-refractivity contribution in [3.63, 3.8) is 0 Å². The molecule has 0 aliphatic rings. The second-order valence-corrected chi connectivity index (χ2v) is 5.89. The number of azo groups is 1. The topological polar surface area (TPSA) is 85.4 Å². The Hall–Kier alpha value is -3.06. The van der Waals surface area contributed by atoms with Crippen molar-refractivity contribution >= 4 is 34.1 Å². The summed E-state index contributed by atoms with van der Waals surface area (Å²) >= 11 is 6.00. The normalized spacial score (nSPS) is 11.2. The third-order valence-corrected chi connectivity index (χ3v) is 4.02. The molecule has 3 aromatic rings. The number of ether oxygens (including phenoxy) is 2. The summed E-state index contributed by atoms with van der Waals surface area (Å²) in [6, 6.07) is 11.9. The fourth-order valence-corrected chi connectivity index (χ4v) is 2.61. The Morgan fingerprint density at radius 2 is 1.88 bits per heavy atom. The second-order valence-electron chi connectivity index (χ2n) is 5.45. The van der Waals surface area contributed by atoms with E-state index in [1.165, 1.54) is 0 Å². The van der Waals surface area contributed by atoms with E-state index >= 15 is 0 Å². The van der Waals surface area contributed by atoms with Crippen LogP contribution in [0.1, 0.15) is 0 Å². The molecule has 0 radical (unpaired) electrons. The second kappa shape index (κ2) is 7.45. The number of aromatic nitrogens is 1. The zero-order valence-electron chi connectivity index (χ0n) is 14.1. The molecule has 0 bridgehead atoms. The molecule has 8 heteroatoms. The highest BCUT2D eigenvalue weighted by molar-refractivity contribution is 6.31. The molecule has 0 aliphatic heterocycles. The minimum atomic E-state index is -0.584. The van der Waals surface area contributed by atoms with Crippen molar-refractivity contribution in [3.05, 3.63) is 47.5 Å². The molecule has 2 aromatic carbocycles. The molecule has 134 valence electrons. The number of amides is 1. The van der Waals surface area contributed by atoms with Crippen LogP contribution in [0.15, 0.2) is 52.7 Å². The summed E-state index contributed by atoms with van der Waals surface area (Å²) in [4.78, 5) is 11.9. The minimum Gasteiger partial charge on any atom is -0.497 e. The standard InChI is InChI=1S/C18H16ClN3O4/c1-22-15-8-3-11(19)9-14(15)17(18(22)24)21-20-16(23)10-26-13-6-4-12(25-2)5-7-13/h3-9,24H,10H2,1-2H3. The van der Waals surface area contributed by atoms with E-state index < -0.39 is 5.91 Å². The molecular formula is C18H16ClN3O4. The summed E-state index contributed by atoms with van der Waals surface area (Å²) in [6.45, 7) is -0.276. The predicted molar refractivity (Wildman–Crippen MR) is 97.6 cm³/mol. The van der Waals surface area contributed by atoms with Crippen molar-refractivity contribution in [1.29, 1.82) is 0 Å². The van der Waals surface area contributed by atoms with Gasteiger partial charge < -0.3 is 19.1 Å². The number of aromatic hydroxyl groups is 1. The van der Waals surface area contributed by atoms with Gasteiger partial charge in [0.1, 0.15) is 11.5 Å². The van der Waals surface area contributed by atoms with Crippen LogP contribution in [0, 0.1) is 0 Å². The Morgan fingerprint density at radius 3 is 2.58 bits per heavy atom. The van der Waals surface area contributed by atoms with Gasteiger partial charge in [0.15, 0.2) is 12.3 Å². The summed E-state index contributed by atoms with van der Waals surface area (Å²) in [7, 11) is 3.24. The van der Waals surface area contributed by atoms with Crippen molar-refractivity contribution in [1.82, 2.24) is 4.57 Å². The molecule has 26 heavy (non-hydrogen) atoms. The molecule has 3 rings (SSSR count). The van der Waals surface area contributed by atoms with Crippen LogP contribution in [0.2, 0.25) is 5.02 Å². The maximum absolute atomic E-state index is 11.9. The molecule has 0 atom stereocenters. The van der Waals surface area contributed by atoms with Gasteiger partial charge in [0, 0.05) is 17.5 Å². The number of fused-ring (bicyclic) bond motifs is 1. The van der Waals surface area contributed by atoms with Crippen LogP contribution in [0.25, 0.3) is 10.9 Å². The molecule has 0 fully saturated rings. The number of aryl methyl sites for hydroxylation is 1. The summed E-state index contributed by atoms with van der Waals surface area (Å²) in [6.07, 6.45) is 0. The highest BCUT2D eigenvalue weighted by atomic mass is 35.5. The SMILES string of the molecule is COc1ccc(OCC(=O)N=Nc2c(O)n(C)c3ccc(Cl)cc23)cc1. The van der Waals surface area contributed by atoms with Crippen molar-refractivity contribution < 1.29 is 19.4 Å². The minimum absolute atomic E-state index is 0.102. The molecule has 1 aromatic heterocycles. The Kier molecular flexibility index (Phi) is 5.09. The quantitative estimate of drug-likeness (QED) is 0.678. The first-order chi connectivity index (χ1) is 12.5. The van der Waals surface area contributed by atoms with Crippen LogP contribution in [0.4, 0.5) is 5.69 Å². The molecule has 0 saturated carbocycles. The molecule has 0 unspecified atom stereocenters. The third kappa shape index (κ3) is 3.62. The maximum Gasteiger partial charge on any atom is 0.302 e. The number of carbonyl (C=O) groups is 1. The van der Waals surface area contributed by atoms with Gasteiger partial charge in [-0.2, -0.15) is 0 Å². The van der Waals surface area contributed by atoms with Crippen LogP contribution in [0.5, 0.6) is 17.4 Å². The fraction of sp³-hybridized carbons (Fsp3) is 0.167. The van der Waals surface area contributed by atoms with Crippen LogP contribution >= 0.6 is 11.6 Å². The van der Waals surface area contributed by atoms with Gasteiger partial charge in [0.25, 0.3) is 0 Å². The van der Waals surface area contributed by atoms with Gasteiger partial charge in [0.2, 0.25) is 5.88 Å². The first kappa shape index (κ1) is 17.8. The molecule has 0 spiro atoms. The monoisotopic (exact) mass is 373 g/mol. The van der Waals surface area contributed by atoms with Gasteiger partial charge >= 0.3 is 5.91 Å². The lowest BCUT2D eigenvalue weighted by Crippen LogP contribution is -2.07. The van der Waals surface area contributed by atoms with Gasteiger partial charge in [-0.25, -0.2) is 0 Å². The summed E-state index contributed by atoms with van der Waals surface area (Å²) < 4.78 is 11.9. The van der Waals surface area contributed by atoms with Crippen LogP contribution in [-0.4, -0.2) is 29.3 Å². The Bertz CT molecular complexity index is 980. The number of halogens is 1. The smallest absolute Gasteiger partial charge is 0.302 e. The lowest BCUT2D eigenvalue weighted by molar-refractivity contribution is -0.120. The van der Waals surface area contributed by atoms with E-state index in [1.807, 2.05) is 0 Å². The first-order valence-electron chi connectivity index (χ1n) is 7.68. The fourth-order valence-electron chi connectivity index (χ4n) is 2.43. The number of methoxy groups -OCH3 is 1. The van der Waals surface area contributed by atoms with E-state index in [2.05, 4.69) is 10.2 Å². The largest absolute Gasteiger partial charge is 0.497 e. The van der Waals surface area contributed by atoms with Crippen molar-refractivity contribution in [2.24, 2.45) is 17.3 Å². The average molecular weight is 374 g/mol. The zero-order valence-corrected chi connectivity index (χ0v) is 14.9. The predicted octanol–water partition coefficient (Wildman–Crippen LogP) is 4.24. The average Bonchev–Trinajstić information content (AvgIpc) is 2.88. The van der Waals surface area contributed by atoms with Gasteiger partial charge in [-0.1, -0.05) is 11.6 Å². The van der Waals surface area contributed by atoms with Crippen LogP contribution in [0.3, 0.4) is 0 Å². The van der Waals surface area contributed by atoms with Crippen LogP contribution in [-0.2, 0) is 11.8 Å². The van der Waals surface area contributed by atoms with Crippen molar-refractivity contribution in [2.75, 3.05) is 13.7 Å². The number of carbonyl (C=O) groups excluding carboxylic acids is 1. The maximum atomic E-state index is 11.9. The van der Waals surface area contributed by atoms with Crippen molar-refractivity contribution in [2.45, 2.75) is 0 Å². The summed E-state index contributed by atoms with van der Waals surface area (Å²) in [5.74, 6) is 0.511. The zero-order chi connectivity index (χ0) is 18.7. The highest BCUT2D eigenvalue weighted by Gasteiger charge is 2.15. The molecule has 1 heterocycles. The Balaban J connectivity index is 1.73.